The summed E-state index contributed by atoms with van der Waals surface area (Å²) in [4.78, 5) is 50.8. The Bertz CT molecular complexity index is 1070. The molecule has 0 amide bonds. The Hall–Kier alpha value is -3.07. The Kier molecular flexibility index (Phi) is 8.77. The topological polar surface area (TPSA) is 108 Å². The highest BCUT2D eigenvalue weighted by Gasteiger charge is 2.47. The van der Waals surface area contributed by atoms with E-state index in [9.17, 15) is 19.2 Å². The van der Waals surface area contributed by atoms with Gasteiger partial charge in [-0.15, -0.1) is 0 Å². The number of hydrogen-bond acceptors (Lipinski definition) is 9. The van der Waals surface area contributed by atoms with E-state index in [-0.39, 0.29) is 18.3 Å². The Morgan fingerprint density at radius 2 is 1.86 bits per heavy atom. The highest BCUT2D eigenvalue weighted by atomic mass is 32.2. The molecule has 0 saturated heterocycles. The molecule has 1 aromatic carbocycles. The molecule has 1 heterocycles. The molecule has 3 atom stereocenters. The van der Waals surface area contributed by atoms with E-state index in [1.165, 1.54) is 14.0 Å². The highest BCUT2D eigenvalue weighted by Crippen LogP contribution is 2.45. The summed E-state index contributed by atoms with van der Waals surface area (Å²) in [5, 5.41) is 3.24. The zero-order valence-corrected chi connectivity index (χ0v) is 21.5. The lowest BCUT2D eigenvalue weighted by Crippen LogP contribution is -2.43. The molecule has 0 aromatic heterocycles. The number of Topliss-reactive ketones (excluding diaryl/α,β-unsaturated/α-hetero) is 1. The van der Waals surface area contributed by atoms with Crippen molar-refractivity contribution in [1.29, 1.82) is 0 Å². The van der Waals surface area contributed by atoms with Crippen LogP contribution in [0.1, 0.15) is 45.6 Å². The van der Waals surface area contributed by atoms with Crippen molar-refractivity contribution in [3.8, 4) is 5.75 Å². The highest BCUT2D eigenvalue weighted by molar-refractivity contribution is 7.99. The molecular formula is C26H31NO7S. The number of carbonyl (C=O) groups excluding carboxylic acids is 4. The molecular weight excluding hydrogens is 470 g/mol. The molecule has 8 nitrogen and oxygen atoms in total. The molecule has 9 heteroatoms. The van der Waals surface area contributed by atoms with Gasteiger partial charge in [0.2, 0.25) is 0 Å². The number of ketones is 1. The number of nitrogens with one attached hydrogen (secondary N) is 1. The second-order valence-corrected chi connectivity index (χ2v) is 9.92. The van der Waals surface area contributed by atoms with Gasteiger partial charge in [-0.25, -0.2) is 4.79 Å². The maximum atomic E-state index is 13.7. The third-order valence-electron chi connectivity index (χ3n) is 6.10. The quantitative estimate of drug-likeness (QED) is 0.248. The number of thioether (sulfide) groups is 1. The number of methoxy groups -OCH3 is 1. The molecule has 3 rings (SSSR count). The number of ether oxygens (including phenoxy) is 3. The molecule has 35 heavy (non-hydrogen) atoms. The summed E-state index contributed by atoms with van der Waals surface area (Å²) >= 11 is 1.66. The van der Waals surface area contributed by atoms with E-state index in [1.54, 1.807) is 43.0 Å². The van der Waals surface area contributed by atoms with Crippen molar-refractivity contribution < 1.29 is 33.4 Å². The summed E-state index contributed by atoms with van der Waals surface area (Å²) in [5.74, 6) is -1.97. The van der Waals surface area contributed by atoms with Crippen LogP contribution in [0.15, 0.2) is 46.8 Å². The lowest BCUT2D eigenvalue weighted by atomic mass is 9.69. The van der Waals surface area contributed by atoms with Crippen molar-refractivity contribution in [2.75, 3.05) is 25.2 Å². The summed E-state index contributed by atoms with van der Waals surface area (Å²) < 4.78 is 15.6. The van der Waals surface area contributed by atoms with E-state index in [4.69, 9.17) is 14.2 Å². The van der Waals surface area contributed by atoms with E-state index < -0.39 is 29.7 Å². The van der Waals surface area contributed by atoms with Gasteiger partial charge >= 0.3 is 17.9 Å². The molecule has 1 N–H and O–H groups in total. The van der Waals surface area contributed by atoms with Crippen LogP contribution in [0.2, 0.25) is 0 Å². The van der Waals surface area contributed by atoms with Gasteiger partial charge in [0, 0.05) is 35.6 Å². The number of dihydropyridines is 1. The van der Waals surface area contributed by atoms with E-state index in [2.05, 4.69) is 5.32 Å². The number of rotatable bonds is 8. The van der Waals surface area contributed by atoms with Gasteiger partial charge < -0.3 is 19.5 Å². The van der Waals surface area contributed by atoms with Crippen molar-refractivity contribution >= 4 is 35.5 Å². The van der Waals surface area contributed by atoms with Gasteiger partial charge in [-0.3, -0.25) is 14.4 Å². The lowest BCUT2D eigenvalue weighted by Gasteiger charge is -2.38. The van der Waals surface area contributed by atoms with Crippen molar-refractivity contribution in [2.45, 2.75) is 40.0 Å². The number of hydrogen-bond donors (Lipinski definition) is 1. The normalized spacial score (nSPS) is 21.7. The zero-order valence-electron chi connectivity index (χ0n) is 20.6. The van der Waals surface area contributed by atoms with Crippen LogP contribution < -0.4 is 10.1 Å². The fourth-order valence-corrected chi connectivity index (χ4v) is 5.08. The molecule has 0 unspecified atom stereocenters. The van der Waals surface area contributed by atoms with Crippen LogP contribution >= 0.6 is 11.8 Å². The first-order valence-electron chi connectivity index (χ1n) is 11.6. The Morgan fingerprint density at radius 3 is 2.46 bits per heavy atom. The molecule has 0 radical (unpaired) electrons. The molecule has 1 aromatic rings. The zero-order chi connectivity index (χ0) is 25.7. The first-order chi connectivity index (χ1) is 16.7. The molecule has 0 saturated carbocycles. The molecule has 188 valence electrons. The predicted octanol–water partition coefficient (Wildman–Crippen LogP) is 3.52. The Morgan fingerprint density at radius 1 is 1.17 bits per heavy atom. The average Bonchev–Trinajstić information content (AvgIpc) is 2.80. The van der Waals surface area contributed by atoms with Gasteiger partial charge in [0.05, 0.1) is 12.7 Å². The summed E-state index contributed by atoms with van der Waals surface area (Å²) in [6.45, 7) is 7.20. The third kappa shape index (κ3) is 5.78. The maximum absolute atomic E-state index is 13.7. The second kappa shape index (κ2) is 11.6. The molecule has 0 bridgehead atoms. The van der Waals surface area contributed by atoms with Crippen molar-refractivity contribution in [1.82, 2.24) is 5.32 Å². The molecule has 1 aliphatic heterocycles. The first kappa shape index (κ1) is 26.5. The Balaban J connectivity index is 2.06. The van der Waals surface area contributed by atoms with Crippen LogP contribution in [0.4, 0.5) is 0 Å². The SMILES string of the molecule is CCSCCOC(=O)C1=C(C)NC2=C(C(=O)[C@H](C(=O)OC)[C@H](C)C2)[C@@H]1c1ccc(OC(C)=O)cc1. The van der Waals surface area contributed by atoms with Gasteiger partial charge in [-0.2, -0.15) is 11.8 Å². The van der Waals surface area contributed by atoms with Crippen LogP contribution in [0.25, 0.3) is 0 Å². The van der Waals surface area contributed by atoms with E-state index in [0.29, 0.717) is 46.0 Å². The van der Waals surface area contributed by atoms with Gasteiger partial charge in [-0.1, -0.05) is 26.0 Å². The fraction of sp³-hybridized carbons (Fsp3) is 0.462. The minimum Gasteiger partial charge on any atom is -0.468 e. The minimum atomic E-state index is -0.958. The summed E-state index contributed by atoms with van der Waals surface area (Å²) in [5.41, 5.74) is 2.61. The molecule has 0 spiro atoms. The van der Waals surface area contributed by atoms with E-state index in [0.717, 1.165) is 5.75 Å². The van der Waals surface area contributed by atoms with Crippen LogP contribution in [-0.4, -0.2) is 48.9 Å². The van der Waals surface area contributed by atoms with Gasteiger partial charge in [0.1, 0.15) is 18.3 Å². The average molecular weight is 502 g/mol. The fourth-order valence-electron chi connectivity index (χ4n) is 4.59. The number of benzene rings is 1. The van der Waals surface area contributed by atoms with Gasteiger partial charge in [0.25, 0.3) is 0 Å². The largest absolute Gasteiger partial charge is 0.468 e. The molecule has 0 fully saturated rings. The van der Waals surface area contributed by atoms with E-state index >= 15 is 0 Å². The third-order valence-corrected chi connectivity index (χ3v) is 6.97. The maximum Gasteiger partial charge on any atom is 0.336 e. The summed E-state index contributed by atoms with van der Waals surface area (Å²) in [6, 6.07) is 6.65. The van der Waals surface area contributed by atoms with Gasteiger partial charge in [-0.05, 0) is 42.7 Å². The van der Waals surface area contributed by atoms with Gasteiger partial charge in [0.15, 0.2) is 5.78 Å². The number of esters is 3. The van der Waals surface area contributed by atoms with Crippen LogP contribution in [0.3, 0.4) is 0 Å². The molecule has 2 aliphatic rings. The number of allylic oxidation sites excluding steroid dienone is 3. The van der Waals surface area contributed by atoms with E-state index in [1.807, 2.05) is 13.8 Å². The van der Waals surface area contributed by atoms with Crippen molar-refractivity contribution in [2.24, 2.45) is 11.8 Å². The van der Waals surface area contributed by atoms with Crippen LogP contribution in [-0.2, 0) is 28.7 Å². The smallest absolute Gasteiger partial charge is 0.336 e. The number of carbonyl (C=O) groups is 4. The Labute approximate surface area is 209 Å². The van der Waals surface area contributed by atoms with Crippen molar-refractivity contribution in [3.63, 3.8) is 0 Å². The first-order valence-corrected chi connectivity index (χ1v) is 12.7. The second-order valence-electron chi connectivity index (χ2n) is 8.53. The summed E-state index contributed by atoms with van der Waals surface area (Å²) in [7, 11) is 1.26. The van der Waals surface area contributed by atoms with Crippen LogP contribution in [0.5, 0.6) is 5.75 Å². The predicted molar refractivity (Wildman–Crippen MR) is 132 cm³/mol. The lowest BCUT2D eigenvalue weighted by molar-refractivity contribution is -0.151. The van der Waals surface area contributed by atoms with Crippen molar-refractivity contribution in [3.05, 3.63) is 52.4 Å². The summed E-state index contributed by atoms with van der Waals surface area (Å²) in [6.07, 6.45) is 0.454. The monoisotopic (exact) mass is 501 g/mol. The standard InChI is InChI=1S/C26H31NO7S/c1-6-35-12-11-33-26(31)21-15(3)27-19-13-14(2)20(25(30)32-5)24(29)23(19)22(21)17-7-9-18(10-8-17)34-16(4)28/h7-10,14,20,22,27H,6,11-13H2,1-5H3/t14-,20-,22-/m1/s1. The molecule has 1 aliphatic carbocycles. The van der Waals surface area contributed by atoms with Crippen LogP contribution in [0, 0.1) is 11.8 Å². The minimum absolute atomic E-state index is 0.244.